The number of hydrogen-bond acceptors (Lipinski definition) is 5. The van der Waals surface area contributed by atoms with Crippen LogP contribution in [0.5, 0.6) is 0 Å². The first-order valence-corrected chi connectivity index (χ1v) is 8.28. The van der Waals surface area contributed by atoms with Gasteiger partial charge in [-0.15, -0.1) is 11.3 Å². The van der Waals surface area contributed by atoms with E-state index in [1.54, 1.807) is 23.6 Å². The molecule has 3 rings (SSSR count). The molecule has 3 aromatic rings. The molecule has 0 fully saturated rings. The summed E-state index contributed by atoms with van der Waals surface area (Å²) in [5, 5.41) is 18.9. The van der Waals surface area contributed by atoms with Gasteiger partial charge in [-0.05, 0) is 49.1 Å². The molecule has 122 valence electrons. The summed E-state index contributed by atoms with van der Waals surface area (Å²) in [6, 6.07) is 9.93. The number of aliphatic hydroxyl groups excluding tert-OH is 1. The quantitative estimate of drug-likeness (QED) is 0.546. The lowest BCUT2D eigenvalue weighted by molar-refractivity contribution is -0.135. The van der Waals surface area contributed by atoms with Crippen LogP contribution in [0.3, 0.4) is 0 Å². The van der Waals surface area contributed by atoms with E-state index in [1.165, 1.54) is 10.3 Å². The number of rotatable bonds is 5. The lowest BCUT2D eigenvalue weighted by atomic mass is 10.1. The fourth-order valence-corrected chi connectivity index (χ4v) is 3.21. The van der Waals surface area contributed by atoms with Crippen molar-refractivity contribution in [1.82, 2.24) is 9.97 Å². The molecule has 0 saturated carbocycles. The molecule has 0 bridgehead atoms. The van der Waals surface area contributed by atoms with Crippen molar-refractivity contribution in [2.24, 2.45) is 0 Å². The molecule has 24 heavy (non-hydrogen) atoms. The third kappa shape index (κ3) is 3.78. The van der Waals surface area contributed by atoms with Crippen molar-refractivity contribution >= 4 is 33.6 Å². The molecule has 2 aromatic heterocycles. The predicted molar refractivity (Wildman–Crippen MR) is 94.2 cm³/mol. The third-order valence-electron chi connectivity index (χ3n) is 3.61. The molecule has 6 heteroatoms. The predicted octanol–water partition coefficient (Wildman–Crippen LogP) is 3.77. The van der Waals surface area contributed by atoms with Crippen molar-refractivity contribution in [2.75, 3.05) is 0 Å². The highest BCUT2D eigenvalue weighted by Crippen LogP contribution is 2.23. The van der Waals surface area contributed by atoms with Crippen LogP contribution in [0.15, 0.2) is 42.3 Å². The highest BCUT2D eigenvalue weighted by molar-refractivity contribution is 7.18. The Kier molecular flexibility index (Phi) is 4.57. The van der Waals surface area contributed by atoms with E-state index in [2.05, 4.69) is 28.2 Å². The molecular formula is C18H16N2O3S. The van der Waals surface area contributed by atoms with Crippen LogP contribution in [-0.4, -0.2) is 26.2 Å². The van der Waals surface area contributed by atoms with E-state index in [-0.39, 0.29) is 0 Å². The molecule has 5 nitrogen and oxygen atoms in total. The van der Waals surface area contributed by atoms with Crippen LogP contribution in [0.4, 0.5) is 0 Å². The number of aliphatic carboxylic acids is 1. The van der Waals surface area contributed by atoms with Gasteiger partial charge in [0.1, 0.15) is 0 Å². The molecule has 0 aliphatic rings. The number of carbonyl (C=O) groups is 1. The maximum Gasteiger partial charge on any atom is 0.371 e. The zero-order valence-electron chi connectivity index (χ0n) is 13.1. The Morgan fingerprint density at radius 1 is 1.17 bits per heavy atom. The summed E-state index contributed by atoms with van der Waals surface area (Å²) in [7, 11) is 0. The molecule has 0 radical (unpaired) electrons. The molecule has 2 heterocycles. The maximum absolute atomic E-state index is 10.6. The topological polar surface area (TPSA) is 83.3 Å². The molecule has 2 N–H and O–H groups in total. The Morgan fingerprint density at radius 3 is 2.62 bits per heavy atom. The van der Waals surface area contributed by atoms with E-state index in [0.717, 1.165) is 35.0 Å². The van der Waals surface area contributed by atoms with Gasteiger partial charge in [0.25, 0.3) is 0 Å². The van der Waals surface area contributed by atoms with E-state index in [1.807, 2.05) is 13.0 Å². The van der Waals surface area contributed by atoms with Crippen molar-refractivity contribution in [3.05, 3.63) is 64.1 Å². The average Bonchev–Trinajstić information content (AvgIpc) is 2.93. The van der Waals surface area contributed by atoms with Gasteiger partial charge in [-0.2, -0.15) is 0 Å². The van der Waals surface area contributed by atoms with Crippen LogP contribution in [0.2, 0.25) is 0 Å². The summed E-state index contributed by atoms with van der Waals surface area (Å²) in [4.78, 5) is 19.2. The second kappa shape index (κ2) is 6.80. The maximum atomic E-state index is 10.6. The molecule has 0 spiro atoms. The van der Waals surface area contributed by atoms with E-state index >= 15 is 0 Å². The fraction of sp³-hybridized carbons (Fsp3) is 0.167. The van der Waals surface area contributed by atoms with E-state index in [9.17, 15) is 9.90 Å². The highest BCUT2D eigenvalue weighted by atomic mass is 32.1. The molecule has 0 aliphatic heterocycles. The van der Waals surface area contributed by atoms with Gasteiger partial charge < -0.3 is 10.2 Å². The molecule has 1 aromatic carbocycles. The summed E-state index contributed by atoms with van der Waals surface area (Å²) in [5.41, 5.74) is 3.73. The van der Waals surface area contributed by atoms with E-state index < -0.39 is 11.7 Å². The first-order valence-electron chi connectivity index (χ1n) is 7.46. The number of pyridine rings is 1. The third-order valence-corrected chi connectivity index (χ3v) is 4.56. The molecule has 0 amide bonds. The minimum atomic E-state index is -1.37. The SMILES string of the molecule is Cc1nc2cc(CCc3ccc(/C=C(\O)C(=O)O)nc3)ccc2s1. The number of aryl methyl sites for hydroxylation is 3. The van der Waals surface area contributed by atoms with Gasteiger partial charge in [0.05, 0.1) is 20.9 Å². The van der Waals surface area contributed by atoms with Crippen molar-refractivity contribution in [1.29, 1.82) is 0 Å². The van der Waals surface area contributed by atoms with Crippen LogP contribution >= 0.6 is 11.3 Å². The van der Waals surface area contributed by atoms with Gasteiger partial charge >= 0.3 is 5.97 Å². The monoisotopic (exact) mass is 340 g/mol. The highest BCUT2D eigenvalue weighted by Gasteiger charge is 2.05. The lowest BCUT2D eigenvalue weighted by Gasteiger charge is -2.03. The van der Waals surface area contributed by atoms with Crippen LogP contribution in [0.25, 0.3) is 16.3 Å². The minimum absolute atomic E-state index is 0.415. The summed E-state index contributed by atoms with van der Waals surface area (Å²) in [5.74, 6) is -2.09. The van der Waals surface area contributed by atoms with Crippen LogP contribution < -0.4 is 0 Å². The normalized spacial score (nSPS) is 11.8. The second-order valence-corrected chi connectivity index (χ2v) is 6.70. The summed E-state index contributed by atoms with van der Waals surface area (Å²) in [6.07, 6.45) is 4.54. The first kappa shape index (κ1) is 16.1. The van der Waals surface area contributed by atoms with Gasteiger partial charge in [-0.3, -0.25) is 4.98 Å². The first-order chi connectivity index (χ1) is 11.5. The number of aliphatic hydroxyl groups is 1. The Bertz CT molecular complexity index is 914. The van der Waals surface area contributed by atoms with Gasteiger partial charge in [0, 0.05) is 12.3 Å². The van der Waals surface area contributed by atoms with Crippen molar-refractivity contribution in [3.8, 4) is 0 Å². The smallest absolute Gasteiger partial charge is 0.371 e. The van der Waals surface area contributed by atoms with Crippen molar-refractivity contribution in [3.63, 3.8) is 0 Å². The summed E-state index contributed by atoms with van der Waals surface area (Å²) in [6.45, 7) is 2.01. The number of nitrogens with zero attached hydrogens (tertiary/aromatic N) is 2. The van der Waals surface area contributed by atoms with Gasteiger partial charge in [0.15, 0.2) is 0 Å². The number of thiazole rings is 1. The second-order valence-electron chi connectivity index (χ2n) is 5.46. The molecule has 0 aliphatic carbocycles. The van der Waals surface area contributed by atoms with Crippen LogP contribution in [0, 0.1) is 6.92 Å². The number of carboxylic acids is 1. The number of aromatic nitrogens is 2. The number of fused-ring (bicyclic) bond motifs is 1. The van der Waals surface area contributed by atoms with E-state index in [0.29, 0.717) is 5.69 Å². The Hall–Kier alpha value is -2.73. The molecule has 0 unspecified atom stereocenters. The van der Waals surface area contributed by atoms with Crippen molar-refractivity contribution < 1.29 is 15.0 Å². The van der Waals surface area contributed by atoms with Crippen molar-refractivity contribution in [2.45, 2.75) is 19.8 Å². The number of benzene rings is 1. The molecular weight excluding hydrogens is 324 g/mol. The zero-order valence-corrected chi connectivity index (χ0v) is 13.9. The summed E-state index contributed by atoms with van der Waals surface area (Å²) >= 11 is 1.69. The largest absolute Gasteiger partial charge is 0.502 e. The molecule has 0 atom stereocenters. The number of carboxylic acid groups (broad SMARTS) is 1. The Morgan fingerprint density at radius 2 is 1.92 bits per heavy atom. The summed E-state index contributed by atoms with van der Waals surface area (Å²) < 4.78 is 1.20. The van der Waals surface area contributed by atoms with Crippen LogP contribution in [0.1, 0.15) is 21.8 Å². The average molecular weight is 340 g/mol. The van der Waals surface area contributed by atoms with Gasteiger partial charge in [-0.1, -0.05) is 12.1 Å². The standard InChI is InChI=1S/C18H16N2O3S/c1-11-20-15-8-12(5-7-17(15)24-11)2-3-13-4-6-14(19-10-13)9-16(21)18(22)23/h4-10,21H,2-3H2,1H3,(H,22,23)/b16-9-. The lowest BCUT2D eigenvalue weighted by Crippen LogP contribution is -1.99. The Labute approximate surface area is 142 Å². The minimum Gasteiger partial charge on any atom is -0.502 e. The fourth-order valence-electron chi connectivity index (χ4n) is 2.40. The van der Waals surface area contributed by atoms with Gasteiger partial charge in [-0.25, -0.2) is 9.78 Å². The van der Waals surface area contributed by atoms with Crippen LogP contribution in [-0.2, 0) is 17.6 Å². The zero-order chi connectivity index (χ0) is 17.1. The van der Waals surface area contributed by atoms with Gasteiger partial charge in [0.2, 0.25) is 5.76 Å². The number of hydrogen-bond donors (Lipinski definition) is 2. The molecule has 0 saturated heterocycles. The van der Waals surface area contributed by atoms with E-state index in [4.69, 9.17) is 5.11 Å². The Balaban J connectivity index is 1.67.